The van der Waals surface area contributed by atoms with Crippen molar-refractivity contribution in [1.82, 2.24) is 0 Å². The van der Waals surface area contributed by atoms with E-state index in [1.165, 1.54) is 6.08 Å². The summed E-state index contributed by atoms with van der Waals surface area (Å²) in [7, 11) is 0. The Bertz CT molecular complexity index is 192. The Morgan fingerprint density at radius 1 is 0.857 bits per heavy atom. The zero-order valence-corrected chi connectivity index (χ0v) is 8.66. The molecule has 0 radical (unpaired) electrons. The van der Waals surface area contributed by atoms with Gasteiger partial charge in [0.25, 0.3) is 0 Å². The SMILES string of the molecule is C=CC[N+](CC=C)(CC=C)CC=CF. The summed E-state index contributed by atoms with van der Waals surface area (Å²) in [6, 6.07) is 0. The van der Waals surface area contributed by atoms with Crippen molar-refractivity contribution < 1.29 is 8.87 Å². The Labute approximate surface area is 86.1 Å². The second-order valence-electron chi connectivity index (χ2n) is 3.30. The molecule has 2 heteroatoms. The number of hydrogen-bond acceptors (Lipinski definition) is 0. The van der Waals surface area contributed by atoms with Crippen molar-refractivity contribution in [1.29, 1.82) is 0 Å². The molecule has 0 rings (SSSR count). The Hall–Kier alpha value is -1.15. The molecule has 0 aromatic heterocycles. The van der Waals surface area contributed by atoms with Gasteiger partial charge in [0.05, 0.1) is 26.0 Å². The van der Waals surface area contributed by atoms with Crippen LogP contribution >= 0.6 is 0 Å². The molecule has 0 aromatic carbocycles. The van der Waals surface area contributed by atoms with Crippen LogP contribution in [-0.4, -0.2) is 30.7 Å². The van der Waals surface area contributed by atoms with E-state index in [4.69, 9.17) is 0 Å². The van der Waals surface area contributed by atoms with Crippen LogP contribution in [0.1, 0.15) is 0 Å². The van der Waals surface area contributed by atoms with Crippen LogP contribution in [0.25, 0.3) is 0 Å². The van der Waals surface area contributed by atoms with Gasteiger partial charge in [0.2, 0.25) is 0 Å². The maximum atomic E-state index is 12.0. The van der Waals surface area contributed by atoms with Crippen molar-refractivity contribution in [3.05, 3.63) is 50.4 Å². The van der Waals surface area contributed by atoms with Gasteiger partial charge in [-0.3, -0.25) is 0 Å². The molecule has 1 nitrogen and oxygen atoms in total. The van der Waals surface area contributed by atoms with E-state index in [2.05, 4.69) is 19.7 Å². The summed E-state index contributed by atoms with van der Waals surface area (Å²) in [6.45, 7) is 14.2. The van der Waals surface area contributed by atoms with Gasteiger partial charge >= 0.3 is 0 Å². The van der Waals surface area contributed by atoms with Gasteiger partial charge in [-0.15, -0.1) is 0 Å². The van der Waals surface area contributed by atoms with E-state index < -0.39 is 0 Å². The fourth-order valence-corrected chi connectivity index (χ4v) is 1.53. The lowest BCUT2D eigenvalue weighted by molar-refractivity contribution is -0.906. The molecular weight excluding hydrogens is 177 g/mol. The van der Waals surface area contributed by atoms with Gasteiger partial charge in [-0.1, -0.05) is 19.7 Å². The van der Waals surface area contributed by atoms with E-state index in [0.717, 1.165) is 19.6 Å². The van der Waals surface area contributed by atoms with Gasteiger partial charge in [0, 0.05) is 0 Å². The molecule has 0 unspecified atom stereocenters. The second-order valence-corrected chi connectivity index (χ2v) is 3.30. The van der Waals surface area contributed by atoms with Crippen molar-refractivity contribution in [2.45, 2.75) is 0 Å². The average molecular weight is 196 g/mol. The number of rotatable bonds is 8. The smallest absolute Gasteiger partial charge is 0.101 e. The standard InChI is InChI=1S/C12H19FN/c1-4-9-14(10-5-2,11-6-3)12-7-8-13/h4-8H,1-3,9-12H2/q+1. The first-order chi connectivity index (χ1) is 6.74. The molecule has 0 fully saturated rings. The molecule has 0 aliphatic carbocycles. The monoisotopic (exact) mass is 196 g/mol. The Morgan fingerprint density at radius 3 is 1.57 bits per heavy atom. The van der Waals surface area contributed by atoms with E-state index in [-0.39, 0.29) is 0 Å². The molecule has 0 saturated carbocycles. The van der Waals surface area contributed by atoms with Crippen LogP contribution in [0.3, 0.4) is 0 Å². The predicted molar refractivity (Wildman–Crippen MR) is 60.6 cm³/mol. The van der Waals surface area contributed by atoms with Gasteiger partial charge in [-0.2, -0.15) is 0 Å². The molecule has 0 N–H and O–H groups in total. The highest BCUT2D eigenvalue weighted by atomic mass is 19.1. The molecule has 0 aromatic rings. The number of halogens is 1. The highest BCUT2D eigenvalue weighted by Crippen LogP contribution is 2.08. The molecule has 0 aliphatic heterocycles. The van der Waals surface area contributed by atoms with Gasteiger partial charge in [-0.05, 0) is 24.3 Å². The van der Waals surface area contributed by atoms with Crippen LogP contribution in [0.15, 0.2) is 50.4 Å². The Kier molecular flexibility index (Phi) is 6.68. The van der Waals surface area contributed by atoms with E-state index in [1.54, 1.807) is 0 Å². The molecule has 0 atom stereocenters. The van der Waals surface area contributed by atoms with E-state index in [9.17, 15) is 4.39 Å². The lowest BCUT2D eigenvalue weighted by atomic mass is 10.3. The fraction of sp³-hybridized carbons (Fsp3) is 0.333. The van der Waals surface area contributed by atoms with Crippen LogP contribution in [0.5, 0.6) is 0 Å². The topological polar surface area (TPSA) is 0 Å². The molecular formula is C12H19FN+. The van der Waals surface area contributed by atoms with E-state index in [0.29, 0.717) is 17.4 Å². The third kappa shape index (κ3) is 4.19. The Balaban J connectivity index is 4.59. The highest BCUT2D eigenvalue weighted by Gasteiger charge is 2.20. The summed E-state index contributed by atoms with van der Waals surface area (Å²) >= 11 is 0. The minimum absolute atomic E-state index is 0.586. The fourth-order valence-electron chi connectivity index (χ4n) is 1.53. The first kappa shape index (κ1) is 12.8. The zero-order chi connectivity index (χ0) is 10.9. The van der Waals surface area contributed by atoms with Crippen LogP contribution in [-0.2, 0) is 0 Å². The summed E-state index contributed by atoms with van der Waals surface area (Å²) in [4.78, 5) is 0. The third-order valence-electron chi connectivity index (χ3n) is 2.13. The van der Waals surface area contributed by atoms with E-state index in [1.807, 2.05) is 18.2 Å². The van der Waals surface area contributed by atoms with Crippen LogP contribution in [0, 0.1) is 0 Å². The summed E-state index contributed by atoms with van der Waals surface area (Å²) in [6.07, 6.45) is 7.65. The first-order valence-corrected chi connectivity index (χ1v) is 4.67. The molecule has 14 heavy (non-hydrogen) atoms. The average Bonchev–Trinajstić information content (AvgIpc) is 2.16. The summed E-state index contributed by atoms with van der Waals surface area (Å²) in [5, 5.41) is 0. The first-order valence-electron chi connectivity index (χ1n) is 4.67. The van der Waals surface area contributed by atoms with Crippen molar-refractivity contribution >= 4 is 0 Å². The van der Waals surface area contributed by atoms with Gasteiger partial charge in [0.1, 0.15) is 6.54 Å². The van der Waals surface area contributed by atoms with E-state index >= 15 is 0 Å². The molecule has 0 heterocycles. The second kappa shape index (κ2) is 7.27. The van der Waals surface area contributed by atoms with Crippen molar-refractivity contribution in [3.63, 3.8) is 0 Å². The minimum atomic E-state index is 0.586. The lowest BCUT2D eigenvalue weighted by Gasteiger charge is -2.34. The van der Waals surface area contributed by atoms with Gasteiger partial charge in [-0.25, -0.2) is 4.39 Å². The van der Waals surface area contributed by atoms with Gasteiger partial charge < -0.3 is 4.48 Å². The summed E-state index contributed by atoms with van der Waals surface area (Å²) < 4.78 is 12.7. The van der Waals surface area contributed by atoms with Gasteiger partial charge in [0.15, 0.2) is 0 Å². The quantitative estimate of drug-likeness (QED) is 0.413. The minimum Gasteiger partial charge on any atom is -0.311 e. The molecule has 78 valence electrons. The molecule has 0 saturated heterocycles. The third-order valence-corrected chi connectivity index (χ3v) is 2.13. The predicted octanol–water partition coefficient (Wildman–Crippen LogP) is 2.84. The summed E-state index contributed by atoms with van der Waals surface area (Å²) in [5.74, 6) is 0. The largest absolute Gasteiger partial charge is 0.311 e. The maximum Gasteiger partial charge on any atom is 0.101 e. The highest BCUT2D eigenvalue weighted by molar-refractivity contribution is 4.81. The lowest BCUT2D eigenvalue weighted by Crippen LogP contribution is -2.48. The van der Waals surface area contributed by atoms with Crippen LogP contribution < -0.4 is 0 Å². The molecule has 0 amide bonds. The molecule has 0 aliphatic rings. The molecule has 0 bridgehead atoms. The van der Waals surface area contributed by atoms with Crippen LogP contribution in [0.4, 0.5) is 4.39 Å². The molecule has 0 spiro atoms. The number of nitrogens with zero attached hydrogens (tertiary/aromatic N) is 1. The van der Waals surface area contributed by atoms with Crippen molar-refractivity contribution in [3.8, 4) is 0 Å². The number of hydrogen-bond donors (Lipinski definition) is 0. The van der Waals surface area contributed by atoms with Crippen LogP contribution in [0.2, 0.25) is 0 Å². The maximum absolute atomic E-state index is 12.0. The normalized spacial score (nSPS) is 11.5. The van der Waals surface area contributed by atoms with Crippen molar-refractivity contribution in [2.24, 2.45) is 0 Å². The zero-order valence-electron chi connectivity index (χ0n) is 8.66. The number of quaternary nitrogens is 1. The van der Waals surface area contributed by atoms with Crippen molar-refractivity contribution in [2.75, 3.05) is 26.2 Å². The summed E-state index contributed by atoms with van der Waals surface area (Å²) in [5.41, 5.74) is 0. The Morgan fingerprint density at radius 2 is 1.29 bits per heavy atom.